The smallest absolute Gasteiger partial charge is 0.261 e. The van der Waals surface area contributed by atoms with E-state index in [0.29, 0.717) is 5.56 Å². The van der Waals surface area contributed by atoms with Crippen molar-refractivity contribution in [3.8, 4) is 0 Å². The van der Waals surface area contributed by atoms with Gasteiger partial charge in [-0.05, 0) is 43.7 Å². The molecule has 128 valence electrons. The highest BCUT2D eigenvalue weighted by atomic mass is 32.2. The van der Waals surface area contributed by atoms with Crippen LogP contribution in [-0.4, -0.2) is 28.9 Å². The summed E-state index contributed by atoms with van der Waals surface area (Å²) in [5.74, 6) is -0.248. The number of hydrogen-bond donors (Lipinski definition) is 1. The van der Waals surface area contributed by atoms with E-state index in [4.69, 9.17) is 0 Å². The number of carbonyl (C=O) groups excluding carboxylic acids is 1. The van der Waals surface area contributed by atoms with Crippen molar-refractivity contribution < 1.29 is 21.6 Å². The molecule has 0 aromatic heterocycles. The van der Waals surface area contributed by atoms with Gasteiger partial charge < -0.3 is 0 Å². The maximum atomic E-state index is 12.5. The van der Waals surface area contributed by atoms with E-state index in [2.05, 4.69) is 4.72 Å². The molecule has 0 saturated carbocycles. The highest BCUT2D eigenvalue weighted by molar-refractivity contribution is 7.92. The first-order chi connectivity index (χ1) is 11.0. The number of anilines is 1. The van der Waals surface area contributed by atoms with Crippen LogP contribution in [0.2, 0.25) is 0 Å². The number of rotatable bonds is 5. The number of hydrogen-bond acceptors (Lipinski definition) is 5. The van der Waals surface area contributed by atoms with Crippen molar-refractivity contribution >= 4 is 31.3 Å². The fourth-order valence-corrected chi connectivity index (χ4v) is 3.84. The minimum atomic E-state index is -3.95. The molecule has 0 amide bonds. The summed E-state index contributed by atoms with van der Waals surface area (Å²) in [5, 5.41) is 0. The Morgan fingerprint density at radius 2 is 1.62 bits per heavy atom. The third-order valence-electron chi connectivity index (χ3n) is 3.43. The van der Waals surface area contributed by atoms with Crippen LogP contribution >= 0.6 is 0 Å². The average Bonchev–Trinajstić information content (AvgIpc) is 2.48. The highest BCUT2D eigenvalue weighted by Gasteiger charge is 2.18. The van der Waals surface area contributed by atoms with Crippen molar-refractivity contribution in [1.29, 1.82) is 0 Å². The normalized spacial score (nSPS) is 12.0. The van der Waals surface area contributed by atoms with Crippen molar-refractivity contribution in [2.24, 2.45) is 0 Å². The van der Waals surface area contributed by atoms with Crippen LogP contribution in [0.1, 0.15) is 22.8 Å². The Morgan fingerprint density at radius 1 is 0.958 bits per heavy atom. The molecule has 2 aromatic rings. The van der Waals surface area contributed by atoms with Crippen molar-refractivity contribution in [2.75, 3.05) is 11.0 Å². The number of sulfonamides is 1. The van der Waals surface area contributed by atoms with Crippen LogP contribution < -0.4 is 4.72 Å². The van der Waals surface area contributed by atoms with Gasteiger partial charge in [0, 0.05) is 11.8 Å². The monoisotopic (exact) mass is 367 g/mol. The topological polar surface area (TPSA) is 97.4 Å². The lowest BCUT2D eigenvalue weighted by atomic mass is 10.2. The zero-order valence-corrected chi connectivity index (χ0v) is 15.0. The number of carbonyl (C=O) groups is 1. The number of benzene rings is 2. The molecule has 0 heterocycles. The SMILES string of the molecule is CC(=O)c1cccc(S(=O)(=O)Nc2cc(S(C)(=O)=O)ccc2C)c1. The molecule has 0 aliphatic rings. The second kappa shape index (κ2) is 6.37. The van der Waals surface area contributed by atoms with Gasteiger partial charge >= 0.3 is 0 Å². The van der Waals surface area contributed by atoms with Crippen LogP contribution in [0.4, 0.5) is 5.69 Å². The van der Waals surface area contributed by atoms with Gasteiger partial charge in [-0.1, -0.05) is 18.2 Å². The number of aryl methyl sites for hydroxylation is 1. The van der Waals surface area contributed by atoms with Crippen molar-refractivity contribution in [1.82, 2.24) is 0 Å². The summed E-state index contributed by atoms with van der Waals surface area (Å²) in [7, 11) is -7.41. The van der Waals surface area contributed by atoms with Gasteiger partial charge in [0.2, 0.25) is 0 Å². The zero-order valence-electron chi connectivity index (χ0n) is 13.4. The zero-order chi connectivity index (χ0) is 18.1. The van der Waals surface area contributed by atoms with Crippen LogP contribution in [0.25, 0.3) is 0 Å². The van der Waals surface area contributed by atoms with Gasteiger partial charge in [0.05, 0.1) is 15.5 Å². The van der Waals surface area contributed by atoms with Crippen LogP contribution in [0, 0.1) is 6.92 Å². The molecule has 0 saturated heterocycles. The summed E-state index contributed by atoms with van der Waals surface area (Å²) in [6.07, 6.45) is 1.05. The maximum Gasteiger partial charge on any atom is 0.261 e. The van der Waals surface area contributed by atoms with Gasteiger partial charge in [-0.3, -0.25) is 9.52 Å². The predicted octanol–water partition coefficient (Wildman–Crippen LogP) is 2.40. The molecule has 0 fully saturated rings. The lowest BCUT2D eigenvalue weighted by Gasteiger charge is -2.12. The lowest BCUT2D eigenvalue weighted by molar-refractivity contribution is 0.101. The second-order valence-electron chi connectivity index (χ2n) is 5.44. The Kier molecular flexibility index (Phi) is 4.82. The van der Waals surface area contributed by atoms with Gasteiger partial charge in [-0.15, -0.1) is 0 Å². The average molecular weight is 367 g/mol. The van der Waals surface area contributed by atoms with E-state index in [9.17, 15) is 21.6 Å². The molecule has 0 aliphatic carbocycles. The summed E-state index contributed by atoms with van der Waals surface area (Å²) in [4.78, 5) is 11.4. The lowest BCUT2D eigenvalue weighted by Crippen LogP contribution is -2.15. The first kappa shape index (κ1) is 18.2. The largest absolute Gasteiger partial charge is 0.295 e. The predicted molar refractivity (Wildman–Crippen MR) is 91.5 cm³/mol. The summed E-state index contributed by atoms with van der Waals surface area (Å²) in [6, 6.07) is 9.86. The molecule has 1 N–H and O–H groups in total. The van der Waals surface area contributed by atoms with Gasteiger partial charge in [0.25, 0.3) is 10.0 Å². The Bertz CT molecular complexity index is 1010. The molecule has 6 nitrogen and oxygen atoms in total. The Balaban J connectivity index is 2.47. The van der Waals surface area contributed by atoms with Crippen molar-refractivity contribution in [3.63, 3.8) is 0 Å². The quantitative estimate of drug-likeness (QED) is 0.819. The molecule has 0 aliphatic heterocycles. The van der Waals surface area contributed by atoms with Gasteiger partial charge in [0.1, 0.15) is 0 Å². The molecule has 0 unspecified atom stereocenters. The molecule has 2 rings (SSSR count). The highest BCUT2D eigenvalue weighted by Crippen LogP contribution is 2.23. The third kappa shape index (κ3) is 4.01. The van der Waals surface area contributed by atoms with Crippen LogP contribution in [0.5, 0.6) is 0 Å². The number of ketones is 1. The van der Waals surface area contributed by atoms with E-state index in [1.165, 1.54) is 49.4 Å². The minimum absolute atomic E-state index is 0.0169. The van der Waals surface area contributed by atoms with E-state index >= 15 is 0 Å². The first-order valence-corrected chi connectivity index (χ1v) is 10.3. The van der Waals surface area contributed by atoms with Gasteiger partial charge in [-0.2, -0.15) is 0 Å². The Hall–Kier alpha value is -2.19. The maximum absolute atomic E-state index is 12.5. The minimum Gasteiger partial charge on any atom is -0.295 e. The van der Waals surface area contributed by atoms with Crippen molar-refractivity contribution in [3.05, 3.63) is 53.6 Å². The Morgan fingerprint density at radius 3 is 2.21 bits per heavy atom. The molecular formula is C16H17NO5S2. The molecule has 0 atom stereocenters. The van der Waals surface area contributed by atoms with Crippen LogP contribution in [0.3, 0.4) is 0 Å². The first-order valence-electron chi connectivity index (χ1n) is 6.95. The standard InChI is InChI=1S/C16H17NO5S2/c1-11-7-8-14(23(3,19)20)10-16(11)17-24(21,22)15-6-4-5-13(9-15)12(2)18/h4-10,17H,1-3H3. The number of nitrogens with one attached hydrogen (secondary N) is 1. The number of Topliss-reactive ketones (excluding diaryl/α,β-unsaturated/α-hetero) is 1. The van der Waals surface area contributed by atoms with E-state index in [1.54, 1.807) is 6.92 Å². The van der Waals surface area contributed by atoms with E-state index in [-0.39, 0.29) is 26.8 Å². The fourth-order valence-electron chi connectivity index (χ4n) is 2.03. The summed E-state index contributed by atoms with van der Waals surface area (Å²) < 4.78 is 50.7. The van der Waals surface area contributed by atoms with E-state index in [1.807, 2.05) is 0 Å². The second-order valence-corrected chi connectivity index (χ2v) is 9.14. The van der Waals surface area contributed by atoms with Gasteiger partial charge in [0.15, 0.2) is 15.6 Å². The van der Waals surface area contributed by atoms with Crippen LogP contribution in [0.15, 0.2) is 52.3 Å². The Labute approximate surface area is 141 Å². The van der Waals surface area contributed by atoms with Crippen molar-refractivity contribution in [2.45, 2.75) is 23.6 Å². The molecule has 0 radical (unpaired) electrons. The summed E-state index contributed by atoms with van der Waals surface area (Å²) >= 11 is 0. The third-order valence-corrected chi connectivity index (χ3v) is 5.91. The summed E-state index contributed by atoms with van der Waals surface area (Å²) in [6.45, 7) is 3.01. The molecule has 2 aromatic carbocycles. The van der Waals surface area contributed by atoms with Crippen LogP contribution in [-0.2, 0) is 19.9 Å². The number of sulfone groups is 1. The van der Waals surface area contributed by atoms with E-state index in [0.717, 1.165) is 6.26 Å². The van der Waals surface area contributed by atoms with E-state index < -0.39 is 19.9 Å². The molecule has 24 heavy (non-hydrogen) atoms. The fraction of sp³-hybridized carbons (Fsp3) is 0.188. The van der Waals surface area contributed by atoms with Gasteiger partial charge in [-0.25, -0.2) is 16.8 Å². The molecule has 8 heteroatoms. The summed E-state index contributed by atoms with van der Waals surface area (Å²) in [5.41, 5.74) is 1.03. The molecule has 0 bridgehead atoms. The molecule has 0 spiro atoms. The molecular weight excluding hydrogens is 350 g/mol.